The molecule has 1 saturated carbocycles. The predicted molar refractivity (Wildman–Crippen MR) is 81.0 cm³/mol. The van der Waals surface area contributed by atoms with Crippen molar-refractivity contribution in [3.8, 4) is 5.75 Å². The minimum atomic E-state index is -0.919. The zero-order valence-corrected chi connectivity index (χ0v) is 12.5. The molecule has 22 heavy (non-hydrogen) atoms. The Balaban J connectivity index is 1.66. The largest absolute Gasteiger partial charge is 0.493 e. The maximum absolute atomic E-state index is 12.5. The first-order valence-corrected chi connectivity index (χ1v) is 7.92. The number of likely N-dealkylation sites (tertiary alicyclic amines) is 1. The summed E-state index contributed by atoms with van der Waals surface area (Å²) in [5.41, 5.74) is 0.520. The van der Waals surface area contributed by atoms with Gasteiger partial charge >= 0.3 is 5.97 Å². The van der Waals surface area contributed by atoms with Gasteiger partial charge in [-0.2, -0.15) is 0 Å². The number of piperidine rings is 1. The molecule has 5 nitrogen and oxygen atoms in total. The third-order valence-electron chi connectivity index (χ3n) is 4.33. The van der Waals surface area contributed by atoms with Crippen LogP contribution < -0.4 is 4.74 Å². The van der Waals surface area contributed by atoms with Gasteiger partial charge in [-0.15, -0.1) is 0 Å². The van der Waals surface area contributed by atoms with E-state index in [2.05, 4.69) is 0 Å². The van der Waals surface area contributed by atoms with Gasteiger partial charge in [-0.25, -0.2) is 4.79 Å². The molecule has 0 bridgehead atoms. The number of benzene rings is 1. The Bertz CT molecular complexity index is 550. The third-order valence-corrected chi connectivity index (χ3v) is 4.33. The van der Waals surface area contributed by atoms with Gasteiger partial charge in [-0.05, 0) is 62.3 Å². The number of carboxylic acid groups (broad SMARTS) is 1. The number of ether oxygens (including phenoxy) is 1. The molecule has 1 aromatic carbocycles. The average Bonchev–Trinajstić information content (AvgIpc) is 3.37. The van der Waals surface area contributed by atoms with Gasteiger partial charge in [0.05, 0.1) is 6.61 Å². The first-order chi connectivity index (χ1) is 10.6. The van der Waals surface area contributed by atoms with E-state index in [1.54, 1.807) is 24.3 Å². The summed E-state index contributed by atoms with van der Waals surface area (Å²) in [4.78, 5) is 25.3. The molecule has 1 saturated heterocycles. The summed E-state index contributed by atoms with van der Waals surface area (Å²) >= 11 is 0. The summed E-state index contributed by atoms with van der Waals surface area (Å²) in [6, 6.07) is 6.31. The van der Waals surface area contributed by atoms with E-state index in [9.17, 15) is 14.7 Å². The summed E-state index contributed by atoms with van der Waals surface area (Å²) in [5.74, 6) is 0.321. The van der Waals surface area contributed by atoms with E-state index in [4.69, 9.17) is 4.74 Å². The topological polar surface area (TPSA) is 66.8 Å². The first-order valence-electron chi connectivity index (χ1n) is 7.92. The molecule has 2 fully saturated rings. The van der Waals surface area contributed by atoms with Crippen molar-refractivity contribution in [2.24, 2.45) is 5.92 Å². The van der Waals surface area contributed by atoms with E-state index < -0.39 is 12.0 Å². The van der Waals surface area contributed by atoms with Crippen molar-refractivity contribution in [1.29, 1.82) is 0 Å². The Morgan fingerprint density at radius 1 is 1.14 bits per heavy atom. The lowest BCUT2D eigenvalue weighted by molar-refractivity contribution is -0.143. The highest BCUT2D eigenvalue weighted by Crippen LogP contribution is 2.29. The monoisotopic (exact) mass is 303 g/mol. The van der Waals surface area contributed by atoms with Gasteiger partial charge in [0.25, 0.3) is 5.91 Å². The molecule has 1 aromatic rings. The zero-order chi connectivity index (χ0) is 15.5. The summed E-state index contributed by atoms with van der Waals surface area (Å²) in [6.07, 6.45) is 4.72. The zero-order valence-electron chi connectivity index (χ0n) is 12.5. The lowest BCUT2D eigenvalue weighted by Gasteiger charge is -2.33. The SMILES string of the molecule is O=C(O)[C@@H]1CCCCN1C(=O)c1ccc(OCC2CC2)cc1. The molecule has 5 heteroatoms. The molecule has 3 rings (SSSR count). The summed E-state index contributed by atoms with van der Waals surface area (Å²) < 4.78 is 5.65. The molecule has 0 aromatic heterocycles. The fraction of sp³-hybridized carbons (Fsp3) is 0.529. The maximum atomic E-state index is 12.5. The second-order valence-electron chi connectivity index (χ2n) is 6.13. The van der Waals surface area contributed by atoms with Crippen LogP contribution in [-0.2, 0) is 4.79 Å². The van der Waals surface area contributed by atoms with E-state index in [1.807, 2.05) is 0 Å². The molecule has 1 aliphatic carbocycles. The van der Waals surface area contributed by atoms with Gasteiger partial charge in [0.15, 0.2) is 0 Å². The lowest BCUT2D eigenvalue weighted by atomic mass is 10.0. The maximum Gasteiger partial charge on any atom is 0.326 e. The number of hydrogen-bond donors (Lipinski definition) is 1. The average molecular weight is 303 g/mol. The quantitative estimate of drug-likeness (QED) is 0.908. The van der Waals surface area contributed by atoms with Crippen LogP contribution in [0.4, 0.5) is 0 Å². The van der Waals surface area contributed by atoms with Crippen LogP contribution in [-0.4, -0.2) is 41.1 Å². The van der Waals surface area contributed by atoms with E-state index in [0.717, 1.165) is 25.2 Å². The Morgan fingerprint density at radius 3 is 2.50 bits per heavy atom. The molecule has 1 heterocycles. The van der Waals surface area contributed by atoms with Gasteiger partial charge < -0.3 is 14.7 Å². The Hall–Kier alpha value is -2.04. The van der Waals surface area contributed by atoms with Crippen LogP contribution in [0, 0.1) is 5.92 Å². The number of carbonyl (C=O) groups excluding carboxylic acids is 1. The molecule has 1 N–H and O–H groups in total. The standard InChI is InChI=1S/C17H21NO4/c19-16(18-10-2-1-3-15(18)17(20)21)13-6-8-14(9-7-13)22-11-12-4-5-12/h6-9,12,15H,1-5,10-11H2,(H,20,21)/t15-/m0/s1. The predicted octanol–water partition coefficient (Wildman–Crippen LogP) is 2.55. The van der Waals surface area contributed by atoms with Crippen molar-refractivity contribution < 1.29 is 19.4 Å². The Kier molecular flexibility index (Phi) is 4.32. The van der Waals surface area contributed by atoms with Crippen LogP contribution in [0.3, 0.4) is 0 Å². The third kappa shape index (κ3) is 3.40. The number of carbonyl (C=O) groups is 2. The Morgan fingerprint density at radius 2 is 1.86 bits per heavy atom. The van der Waals surface area contributed by atoms with Crippen LogP contribution in [0.5, 0.6) is 5.75 Å². The normalized spacial score (nSPS) is 21.5. The van der Waals surface area contributed by atoms with Crippen LogP contribution in [0.15, 0.2) is 24.3 Å². The molecule has 0 radical (unpaired) electrons. The number of hydrogen-bond acceptors (Lipinski definition) is 3. The smallest absolute Gasteiger partial charge is 0.326 e. The number of aliphatic carboxylic acids is 1. The van der Waals surface area contributed by atoms with Crippen LogP contribution in [0.2, 0.25) is 0 Å². The highest BCUT2D eigenvalue weighted by Gasteiger charge is 2.32. The van der Waals surface area contributed by atoms with Crippen molar-refractivity contribution in [3.63, 3.8) is 0 Å². The van der Waals surface area contributed by atoms with Crippen molar-refractivity contribution in [3.05, 3.63) is 29.8 Å². The van der Waals surface area contributed by atoms with Gasteiger partial charge in [-0.1, -0.05) is 0 Å². The van der Waals surface area contributed by atoms with Gasteiger partial charge in [-0.3, -0.25) is 4.79 Å². The van der Waals surface area contributed by atoms with E-state index in [1.165, 1.54) is 17.7 Å². The second-order valence-corrected chi connectivity index (χ2v) is 6.13. The molecule has 2 aliphatic rings. The fourth-order valence-corrected chi connectivity index (χ4v) is 2.79. The lowest BCUT2D eigenvalue weighted by Crippen LogP contribution is -2.47. The second kappa shape index (κ2) is 6.38. The Labute approximate surface area is 129 Å². The molecular weight excluding hydrogens is 282 g/mol. The number of carboxylic acids is 1. The molecular formula is C17H21NO4. The van der Waals surface area contributed by atoms with Crippen molar-refractivity contribution in [1.82, 2.24) is 4.90 Å². The molecule has 0 unspecified atom stereocenters. The van der Waals surface area contributed by atoms with Gasteiger partial charge in [0.2, 0.25) is 0 Å². The van der Waals surface area contributed by atoms with Crippen LogP contribution >= 0.6 is 0 Å². The fourth-order valence-electron chi connectivity index (χ4n) is 2.79. The van der Waals surface area contributed by atoms with Gasteiger partial charge in [0.1, 0.15) is 11.8 Å². The van der Waals surface area contributed by atoms with E-state index >= 15 is 0 Å². The molecule has 1 aliphatic heterocycles. The van der Waals surface area contributed by atoms with Gasteiger partial charge in [0, 0.05) is 12.1 Å². The van der Waals surface area contributed by atoms with E-state index in [-0.39, 0.29) is 5.91 Å². The van der Waals surface area contributed by atoms with Crippen molar-refractivity contribution in [2.45, 2.75) is 38.1 Å². The van der Waals surface area contributed by atoms with E-state index in [0.29, 0.717) is 24.4 Å². The highest BCUT2D eigenvalue weighted by molar-refractivity contribution is 5.96. The number of amides is 1. The van der Waals surface area contributed by atoms with Crippen molar-refractivity contribution >= 4 is 11.9 Å². The van der Waals surface area contributed by atoms with Crippen LogP contribution in [0.25, 0.3) is 0 Å². The summed E-state index contributed by atoms with van der Waals surface area (Å²) in [7, 11) is 0. The van der Waals surface area contributed by atoms with Crippen molar-refractivity contribution in [2.75, 3.05) is 13.2 Å². The molecule has 1 amide bonds. The molecule has 118 valence electrons. The highest BCUT2D eigenvalue weighted by atomic mass is 16.5. The van der Waals surface area contributed by atoms with Crippen LogP contribution in [0.1, 0.15) is 42.5 Å². The minimum absolute atomic E-state index is 0.208. The minimum Gasteiger partial charge on any atom is -0.493 e. The number of rotatable bonds is 5. The summed E-state index contributed by atoms with van der Waals surface area (Å²) in [6.45, 7) is 1.25. The number of nitrogens with zero attached hydrogens (tertiary/aromatic N) is 1. The summed E-state index contributed by atoms with van der Waals surface area (Å²) in [5, 5.41) is 9.26. The molecule has 0 spiro atoms. The first kappa shape index (κ1) is 14.9. The molecule has 1 atom stereocenters.